The van der Waals surface area contributed by atoms with E-state index in [2.05, 4.69) is 0 Å². The molecule has 102 valence electrons. The Morgan fingerprint density at radius 2 is 2.05 bits per heavy atom. The molecule has 5 nitrogen and oxygen atoms in total. The molecule has 1 heterocycles. The van der Waals surface area contributed by atoms with Gasteiger partial charge in [0.25, 0.3) is 0 Å². The predicted molar refractivity (Wildman–Crippen MR) is 73.3 cm³/mol. The number of nitrogens with zero attached hydrogens (tertiary/aromatic N) is 1. The number of rotatable bonds is 4. The molecule has 2 aromatic rings. The Bertz CT molecular complexity index is 705. The molecular weight excluding hydrogens is 266 g/mol. The average molecular weight is 281 g/mol. The van der Waals surface area contributed by atoms with Crippen LogP contribution >= 0.6 is 0 Å². The van der Waals surface area contributed by atoms with Crippen LogP contribution in [0, 0.1) is 0 Å². The van der Waals surface area contributed by atoms with Crippen LogP contribution in [0.2, 0.25) is 0 Å². The molecule has 1 N–H and O–H groups in total. The molecule has 0 atom stereocenters. The molecule has 0 amide bonds. The summed E-state index contributed by atoms with van der Waals surface area (Å²) in [6.45, 7) is 3.97. The first-order valence-electron chi connectivity index (χ1n) is 5.88. The van der Waals surface area contributed by atoms with Gasteiger partial charge in [-0.3, -0.25) is 0 Å². The maximum atomic E-state index is 11.3. The third kappa shape index (κ3) is 2.63. The molecule has 0 aliphatic carbocycles. The fourth-order valence-corrected chi connectivity index (χ4v) is 2.67. The zero-order chi connectivity index (χ0) is 14.2. The van der Waals surface area contributed by atoms with Crippen LogP contribution in [0.15, 0.2) is 24.4 Å². The van der Waals surface area contributed by atoms with Gasteiger partial charge in [0, 0.05) is 23.1 Å². The van der Waals surface area contributed by atoms with E-state index in [0.29, 0.717) is 10.9 Å². The third-order valence-electron chi connectivity index (χ3n) is 3.00. The van der Waals surface area contributed by atoms with Gasteiger partial charge in [0.1, 0.15) is 10.7 Å². The minimum atomic E-state index is -2.58. The minimum absolute atomic E-state index is 0.142. The summed E-state index contributed by atoms with van der Waals surface area (Å²) in [7, 11) is -2.58. The van der Waals surface area contributed by atoms with Crippen molar-refractivity contribution < 1.29 is 18.3 Å². The van der Waals surface area contributed by atoms with E-state index in [4.69, 9.17) is 0 Å². The van der Waals surface area contributed by atoms with Crippen molar-refractivity contribution in [3.63, 3.8) is 0 Å². The van der Waals surface area contributed by atoms with E-state index in [1.807, 2.05) is 24.6 Å². The lowest BCUT2D eigenvalue weighted by molar-refractivity contribution is 0.0699. The summed E-state index contributed by atoms with van der Waals surface area (Å²) in [6.07, 6.45) is 1.82. The zero-order valence-electron chi connectivity index (χ0n) is 10.7. The summed E-state index contributed by atoms with van der Waals surface area (Å²) in [5, 5.41) is 9.86. The standard InChI is InChI=1S/C13H15NO4S/c1-8(2)14-4-3-10-11(13(15)16)5-9(6-12(10)14)7-19(17)18/h3-6,8,19H,7H2,1-2H3,(H,15,16). The van der Waals surface area contributed by atoms with Gasteiger partial charge in [0.05, 0.1) is 11.3 Å². The van der Waals surface area contributed by atoms with Crippen LogP contribution in [0.4, 0.5) is 0 Å². The van der Waals surface area contributed by atoms with E-state index in [1.165, 1.54) is 6.07 Å². The number of thiol groups is 1. The first-order valence-corrected chi connectivity index (χ1v) is 7.25. The fourth-order valence-electron chi connectivity index (χ4n) is 2.19. The van der Waals surface area contributed by atoms with E-state index in [0.717, 1.165) is 5.52 Å². The van der Waals surface area contributed by atoms with E-state index >= 15 is 0 Å². The molecule has 0 aliphatic rings. The first kappa shape index (κ1) is 13.6. The van der Waals surface area contributed by atoms with Crippen LogP contribution in [0.5, 0.6) is 0 Å². The second-order valence-electron chi connectivity index (χ2n) is 4.69. The lowest BCUT2D eigenvalue weighted by Gasteiger charge is -2.11. The molecule has 0 aliphatic heterocycles. The highest BCUT2D eigenvalue weighted by atomic mass is 32.2. The molecule has 0 saturated heterocycles. The number of carboxylic acid groups (broad SMARTS) is 1. The second-order valence-corrected chi connectivity index (χ2v) is 5.67. The van der Waals surface area contributed by atoms with Crippen molar-refractivity contribution in [3.8, 4) is 0 Å². The quantitative estimate of drug-likeness (QED) is 0.841. The van der Waals surface area contributed by atoms with Gasteiger partial charge in [-0.1, -0.05) is 0 Å². The van der Waals surface area contributed by atoms with E-state index in [1.54, 1.807) is 12.1 Å². The predicted octanol–water partition coefficient (Wildman–Crippen LogP) is 2.03. The molecule has 0 radical (unpaired) electrons. The number of fused-ring (bicyclic) bond motifs is 1. The third-order valence-corrected chi connectivity index (χ3v) is 3.62. The average Bonchev–Trinajstić information content (AvgIpc) is 2.70. The molecule has 6 heteroatoms. The van der Waals surface area contributed by atoms with Crippen molar-refractivity contribution in [3.05, 3.63) is 35.5 Å². The second kappa shape index (κ2) is 5.05. The molecule has 2 rings (SSSR count). The molecule has 0 fully saturated rings. The molecule has 19 heavy (non-hydrogen) atoms. The highest BCUT2D eigenvalue weighted by Gasteiger charge is 2.14. The SMILES string of the molecule is CC(C)n1ccc2c(C(=O)O)cc(C[SH](=O)=O)cc21. The van der Waals surface area contributed by atoms with Crippen LogP contribution < -0.4 is 0 Å². The number of aromatic nitrogens is 1. The summed E-state index contributed by atoms with van der Waals surface area (Å²) in [5.41, 5.74) is 1.40. The number of hydrogen-bond donors (Lipinski definition) is 2. The summed E-state index contributed by atoms with van der Waals surface area (Å²) in [4.78, 5) is 11.3. The Hall–Kier alpha value is -1.82. The molecular formula is C13H15NO4S. The Morgan fingerprint density at radius 1 is 1.37 bits per heavy atom. The van der Waals surface area contributed by atoms with Crippen LogP contribution in [-0.2, 0) is 16.5 Å². The molecule has 1 aromatic carbocycles. The number of benzene rings is 1. The minimum Gasteiger partial charge on any atom is -0.478 e. The maximum absolute atomic E-state index is 11.3. The Labute approximate surface area is 112 Å². The van der Waals surface area contributed by atoms with E-state index < -0.39 is 16.7 Å². The van der Waals surface area contributed by atoms with Gasteiger partial charge >= 0.3 is 5.97 Å². The van der Waals surface area contributed by atoms with Crippen molar-refractivity contribution in [2.75, 3.05) is 0 Å². The first-order chi connectivity index (χ1) is 8.90. The van der Waals surface area contributed by atoms with Crippen molar-refractivity contribution in [2.45, 2.75) is 25.6 Å². The van der Waals surface area contributed by atoms with Gasteiger partial charge in [-0.25, -0.2) is 13.2 Å². The molecule has 0 bridgehead atoms. The van der Waals surface area contributed by atoms with Gasteiger partial charge in [0.15, 0.2) is 0 Å². The summed E-state index contributed by atoms with van der Waals surface area (Å²) in [5.74, 6) is -1.19. The van der Waals surface area contributed by atoms with Gasteiger partial charge in [-0.15, -0.1) is 0 Å². The fraction of sp³-hybridized carbons (Fsp3) is 0.308. The van der Waals surface area contributed by atoms with Gasteiger partial charge in [0.2, 0.25) is 0 Å². The summed E-state index contributed by atoms with van der Waals surface area (Å²) in [6, 6.07) is 5.10. The maximum Gasteiger partial charge on any atom is 0.336 e. The Kier molecular flexibility index (Phi) is 3.61. The number of hydrogen-bond acceptors (Lipinski definition) is 3. The Morgan fingerprint density at radius 3 is 2.58 bits per heavy atom. The lowest BCUT2D eigenvalue weighted by Crippen LogP contribution is -2.02. The van der Waals surface area contributed by atoms with Crippen molar-refractivity contribution in [2.24, 2.45) is 0 Å². The normalized spacial score (nSPS) is 11.6. The van der Waals surface area contributed by atoms with Gasteiger partial charge < -0.3 is 9.67 Å². The summed E-state index contributed by atoms with van der Waals surface area (Å²) < 4.78 is 23.6. The van der Waals surface area contributed by atoms with Crippen molar-refractivity contribution >= 4 is 27.6 Å². The molecule has 0 saturated carbocycles. The summed E-state index contributed by atoms with van der Waals surface area (Å²) >= 11 is 0. The largest absolute Gasteiger partial charge is 0.478 e. The smallest absolute Gasteiger partial charge is 0.336 e. The van der Waals surface area contributed by atoms with Crippen LogP contribution in [0.3, 0.4) is 0 Å². The molecule has 0 spiro atoms. The highest BCUT2D eigenvalue weighted by Crippen LogP contribution is 2.25. The number of carboxylic acids is 1. The molecule has 1 aromatic heterocycles. The topological polar surface area (TPSA) is 76.4 Å². The monoisotopic (exact) mass is 281 g/mol. The van der Waals surface area contributed by atoms with Crippen LogP contribution in [0.25, 0.3) is 10.9 Å². The lowest BCUT2D eigenvalue weighted by atomic mass is 10.1. The highest BCUT2D eigenvalue weighted by molar-refractivity contribution is 7.71. The van der Waals surface area contributed by atoms with E-state index in [-0.39, 0.29) is 17.4 Å². The van der Waals surface area contributed by atoms with Crippen molar-refractivity contribution in [1.82, 2.24) is 4.57 Å². The number of carbonyl (C=O) groups is 1. The van der Waals surface area contributed by atoms with E-state index in [9.17, 15) is 18.3 Å². The van der Waals surface area contributed by atoms with Gasteiger partial charge in [-0.2, -0.15) is 0 Å². The molecule has 0 unspecified atom stereocenters. The number of aromatic carboxylic acids is 1. The Balaban J connectivity index is 2.74. The van der Waals surface area contributed by atoms with Crippen LogP contribution in [-0.4, -0.2) is 24.1 Å². The zero-order valence-corrected chi connectivity index (χ0v) is 11.6. The van der Waals surface area contributed by atoms with Crippen molar-refractivity contribution in [1.29, 1.82) is 0 Å². The van der Waals surface area contributed by atoms with Crippen LogP contribution in [0.1, 0.15) is 35.8 Å². The van der Waals surface area contributed by atoms with Gasteiger partial charge in [-0.05, 0) is 37.6 Å².